The number of carbonyl (C=O) groups is 2. The van der Waals surface area contributed by atoms with Crippen molar-refractivity contribution in [3.05, 3.63) is 52.8 Å². The van der Waals surface area contributed by atoms with Gasteiger partial charge in [0.25, 0.3) is 0 Å². The van der Waals surface area contributed by atoms with Crippen LogP contribution in [0.4, 0.5) is 13.2 Å². The van der Waals surface area contributed by atoms with Crippen LogP contribution in [0.1, 0.15) is 22.8 Å². The second-order valence-corrected chi connectivity index (χ2v) is 5.14. The van der Waals surface area contributed by atoms with E-state index < -0.39 is 40.3 Å². The number of carboxylic acid groups (broad SMARTS) is 1. The number of aromatic carboxylic acids is 1. The summed E-state index contributed by atoms with van der Waals surface area (Å²) in [5, 5.41) is 11.6. The van der Waals surface area contributed by atoms with Crippen LogP contribution in [0.15, 0.2) is 24.3 Å². The molecule has 2 aromatic carbocycles. The van der Waals surface area contributed by atoms with Gasteiger partial charge in [0.2, 0.25) is 11.7 Å². The quantitative estimate of drug-likeness (QED) is 0.810. The van der Waals surface area contributed by atoms with E-state index in [0.29, 0.717) is 5.56 Å². The Hall–Kier alpha value is -3.03. The van der Waals surface area contributed by atoms with Gasteiger partial charge in [0, 0.05) is 13.5 Å². The van der Waals surface area contributed by atoms with E-state index in [2.05, 4.69) is 10.1 Å². The molecule has 5 nitrogen and oxygen atoms in total. The number of methoxy groups -OCH3 is 1. The fourth-order valence-electron chi connectivity index (χ4n) is 2.34. The van der Waals surface area contributed by atoms with Gasteiger partial charge in [-0.25, -0.2) is 13.6 Å². The van der Waals surface area contributed by atoms with Gasteiger partial charge in [0.1, 0.15) is 5.56 Å². The molecule has 132 valence electrons. The van der Waals surface area contributed by atoms with Crippen molar-refractivity contribution in [1.29, 1.82) is 0 Å². The summed E-state index contributed by atoms with van der Waals surface area (Å²) in [5.41, 5.74) is -1.48. The summed E-state index contributed by atoms with van der Waals surface area (Å²) in [6, 6.07) is 5.67. The van der Waals surface area contributed by atoms with E-state index in [9.17, 15) is 22.8 Å². The zero-order valence-electron chi connectivity index (χ0n) is 13.3. The van der Waals surface area contributed by atoms with Gasteiger partial charge in [-0.2, -0.15) is 4.39 Å². The first-order valence-corrected chi connectivity index (χ1v) is 7.09. The van der Waals surface area contributed by atoms with Crippen molar-refractivity contribution >= 4 is 11.9 Å². The van der Waals surface area contributed by atoms with E-state index in [-0.39, 0.29) is 18.0 Å². The highest BCUT2D eigenvalue weighted by atomic mass is 19.2. The molecule has 0 aliphatic carbocycles. The molecule has 1 amide bonds. The van der Waals surface area contributed by atoms with E-state index in [0.717, 1.165) is 7.11 Å². The van der Waals surface area contributed by atoms with Crippen LogP contribution in [-0.2, 0) is 11.3 Å². The molecule has 0 aliphatic heterocycles. The van der Waals surface area contributed by atoms with E-state index in [1.54, 1.807) is 6.07 Å². The molecule has 2 rings (SSSR count). The van der Waals surface area contributed by atoms with Crippen LogP contribution in [0.5, 0.6) is 5.75 Å². The van der Waals surface area contributed by atoms with Crippen LogP contribution in [0.25, 0.3) is 11.1 Å². The Morgan fingerprint density at radius 1 is 1.16 bits per heavy atom. The lowest BCUT2D eigenvalue weighted by Gasteiger charge is -2.14. The second kappa shape index (κ2) is 7.25. The van der Waals surface area contributed by atoms with Crippen LogP contribution >= 0.6 is 0 Å². The highest BCUT2D eigenvalue weighted by Gasteiger charge is 2.30. The predicted octanol–water partition coefficient (Wildman–Crippen LogP) is 3.11. The molecule has 0 atom stereocenters. The summed E-state index contributed by atoms with van der Waals surface area (Å²) < 4.78 is 47.5. The molecule has 0 radical (unpaired) electrons. The number of halogens is 3. The summed E-state index contributed by atoms with van der Waals surface area (Å²) in [6.07, 6.45) is 0. The van der Waals surface area contributed by atoms with E-state index in [4.69, 9.17) is 5.11 Å². The number of amides is 1. The minimum atomic E-state index is -1.79. The van der Waals surface area contributed by atoms with Crippen molar-refractivity contribution in [3.63, 3.8) is 0 Å². The van der Waals surface area contributed by atoms with Crippen LogP contribution in [-0.4, -0.2) is 24.1 Å². The molecule has 0 unspecified atom stereocenters. The third-order valence-corrected chi connectivity index (χ3v) is 3.45. The number of carbonyl (C=O) groups excluding carboxylic acids is 1. The lowest BCUT2D eigenvalue weighted by molar-refractivity contribution is -0.119. The highest BCUT2D eigenvalue weighted by Crippen LogP contribution is 2.37. The van der Waals surface area contributed by atoms with Gasteiger partial charge >= 0.3 is 5.97 Å². The third kappa shape index (κ3) is 3.57. The van der Waals surface area contributed by atoms with Gasteiger partial charge in [-0.3, -0.25) is 4.79 Å². The van der Waals surface area contributed by atoms with Crippen LogP contribution in [0.3, 0.4) is 0 Å². The van der Waals surface area contributed by atoms with Crippen molar-refractivity contribution in [2.45, 2.75) is 13.5 Å². The molecule has 0 saturated carbocycles. The van der Waals surface area contributed by atoms with E-state index in [1.807, 2.05) is 0 Å². The maximum Gasteiger partial charge on any atom is 0.342 e. The maximum atomic E-state index is 14.6. The summed E-state index contributed by atoms with van der Waals surface area (Å²) in [4.78, 5) is 22.2. The SMILES string of the molecule is COc1c(F)c(F)c(-c2cccc(CNC(C)=O)c2)c(F)c1C(=O)O. The largest absolute Gasteiger partial charge is 0.493 e. The van der Waals surface area contributed by atoms with Crippen molar-refractivity contribution < 1.29 is 32.6 Å². The van der Waals surface area contributed by atoms with Gasteiger partial charge < -0.3 is 15.2 Å². The number of hydrogen-bond donors (Lipinski definition) is 2. The fraction of sp³-hybridized carbons (Fsp3) is 0.176. The summed E-state index contributed by atoms with van der Waals surface area (Å²) in [7, 11) is 0.914. The molecule has 0 saturated heterocycles. The molecular weight excluding hydrogens is 339 g/mol. The molecule has 0 spiro atoms. The zero-order valence-corrected chi connectivity index (χ0v) is 13.3. The van der Waals surface area contributed by atoms with Crippen molar-refractivity contribution in [3.8, 4) is 16.9 Å². The Kier molecular flexibility index (Phi) is 5.31. The van der Waals surface area contributed by atoms with Crippen molar-refractivity contribution in [2.75, 3.05) is 7.11 Å². The van der Waals surface area contributed by atoms with Gasteiger partial charge in [-0.15, -0.1) is 0 Å². The molecule has 0 aromatic heterocycles. The third-order valence-electron chi connectivity index (χ3n) is 3.45. The average molecular weight is 353 g/mol. The lowest BCUT2D eigenvalue weighted by atomic mass is 9.98. The standard InChI is InChI=1S/C17H14F3NO4/c1-8(22)21-7-9-4-3-5-10(6-9)11-13(18)12(17(23)24)16(25-2)15(20)14(11)19/h3-6H,7H2,1-2H3,(H,21,22)(H,23,24). The van der Waals surface area contributed by atoms with Crippen LogP contribution in [0, 0.1) is 17.5 Å². The normalized spacial score (nSPS) is 10.4. The number of hydrogen-bond acceptors (Lipinski definition) is 3. The molecule has 25 heavy (non-hydrogen) atoms. The number of benzene rings is 2. The molecule has 2 aromatic rings. The number of nitrogens with one attached hydrogen (secondary N) is 1. The first-order chi connectivity index (χ1) is 11.8. The highest BCUT2D eigenvalue weighted by molar-refractivity contribution is 5.93. The molecule has 8 heteroatoms. The van der Waals surface area contributed by atoms with E-state index in [1.165, 1.54) is 25.1 Å². The first kappa shape index (κ1) is 18.3. The smallest absolute Gasteiger partial charge is 0.342 e. The van der Waals surface area contributed by atoms with Gasteiger partial charge in [-0.05, 0) is 17.2 Å². The lowest BCUT2D eigenvalue weighted by Crippen LogP contribution is -2.18. The topological polar surface area (TPSA) is 75.6 Å². The summed E-state index contributed by atoms with van der Waals surface area (Å²) in [5.74, 6) is -7.70. The fourth-order valence-corrected chi connectivity index (χ4v) is 2.34. The molecule has 0 aliphatic rings. The predicted molar refractivity (Wildman–Crippen MR) is 82.8 cm³/mol. The zero-order chi connectivity index (χ0) is 18.7. The molecule has 0 fully saturated rings. The van der Waals surface area contributed by atoms with Crippen LogP contribution in [0.2, 0.25) is 0 Å². The first-order valence-electron chi connectivity index (χ1n) is 7.09. The monoisotopic (exact) mass is 353 g/mol. The minimum Gasteiger partial charge on any atom is -0.493 e. The Bertz CT molecular complexity index is 852. The second-order valence-electron chi connectivity index (χ2n) is 5.14. The van der Waals surface area contributed by atoms with Gasteiger partial charge in [0.15, 0.2) is 17.4 Å². The maximum absolute atomic E-state index is 14.6. The molecule has 0 heterocycles. The molecular formula is C17H14F3NO4. The molecule has 0 bridgehead atoms. The number of ether oxygens (including phenoxy) is 1. The van der Waals surface area contributed by atoms with Crippen molar-refractivity contribution in [2.24, 2.45) is 0 Å². The number of rotatable bonds is 5. The Balaban J connectivity index is 2.65. The van der Waals surface area contributed by atoms with Gasteiger partial charge in [-0.1, -0.05) is 18.2 Å². The Morgan fingerprint density at radius 3 is 2.40 bits per heavy atom. The van der Waals surface area contributed by atoms with E-state index >= 15 is 0 Å². The molecule has 2 N–H and O–H groups in total. The minimum absolute atomic E-state index is 0.0677. The Labute approximate surface area is 141 Å². The van der Waals surface area contributed by atoms with Gasteiger partial charge in [0.05, 0.1) is 12.7 Å². The average Bonchev–Trinajstić information content (AvgIpc) is 2.56. The number of carboxylic acids is 1. The summed E-state index contributed by atoms with van der Waals surface area (Å²) >= 11 is 0. The summed E-state index contributed by atoms with van der Waals surface area (Å²) in [6.45, 7) is 1.40. The van der Waals surface area contributed by atoms with Crippen molar-refractivity contribution in [1.82, 2.24) is 5.32 Å². The van der Waals surface area contributed by atoms with Crippen LogP contribution < -0.4 is 10.1 Å². The Morgan fingerprint density at radius 2 is 1.84 bits per heavy atom.